The first-order chi connectivity index (χ1) is 5.63. The Bertz CT molecular complexity index is 127. The first-order valence-corrected chi connectivity index (χ1v) is 4.79. The maximum absolute atomic E-state index is 3.00. The quantitative estimate of drug-likeness (QED) is 0.541. The van der Waals surface area contributed by atoms with Crippen LogP contribution in [0.4, 0.5) is 0 Å². The summed E-state index contributed by atoms with van der Waals surface area (Å²) in [7, 11) is 0. The van der Waals surface area contributed by atoms with Gasteiger partial charge in [-0.3, -0.25) is 0 Å². The van der Waals surface area contributed by atoms with Gasteiger partial charge in [0.25, 0.3) is 0 Å². The Hall–Kier alpha value is -0.520. The van der Waals surface area contributed by atoms with Crippen LogP contribution in [0.15, 0.2) is 24.3 Å². The molecule has 0 aliphatic carbocycles. The fourth-order valence-electron chi connectivity index (χ4n) is 1.44. The van der Waals surface area contributed by atoms with Gasteiger partial charge in [0, 0.05) is 0 Å². The van der Waals surface area contributed by atoms with Crippen LogP contribution in [0.1, 0.15) is 47.5 Å². The van der Waals surface area contributed by atoms with Gasteiger partial charge in [-0.2, -0.15) is 0 Å². The fraction of sp³-hybridized carbons (Fsp3) is 0.667. The zero-order valence-corrected chi connectivity index (χ0v) is 9.41. The van der Waals surface area contributed by atoms with E-state index in [0.29, 0.717) is 0 Å². The van der Waals surface area contributed by atoms with E-state index in [1.165, 1.54) is 18.4 Å². The van der Waals surface area contributed by atoms with Crippen LogP contribution in [-0.4, -0.2) is 0 Å². The van der Waals surface area contributed by atoms with Crippen molar-refractivity contribution in [3.63, 3.8) is 0 Å². The molecular weight excluding hydrogens is 144 g/mol. The highest BCUT2D eigenvalue weighted by Gasteiger charge is 2.04. The van der Waals surface area contributed by atoms with E-state index < -0.39 is 0 Å². The maximum Gasteiger partial charge on any atom is -0.0232 e. The molecule has 0 heteroatoms. The Labute approximate surface area is 78.4 Å². The largest absolute Gasteiger partial charge is 0.106 e. The summed E-state index contributed by atoms with van der Waals surface area (Å²) in [5.41, 5.74) is 3.15. The summed E-state index contributed by atoms with van der Waals surface area (Å²) in [6.07, 6.45) is 2.49. The smallest absolute Gasteiger partial charge is 0.0232 e. The first-order valence-electron chi connectivity index (χ1n) is 4.79. The summed E-state index contributed by atoms with van der Waals surface area (Å²) in [5.74, 6) is 0.787. The maximum atomic E-state index is 3.00. The molecule has 0 spiro atoms. The summed E-state index contributed by atoms with van der Waals surface area (Å²) in [4.78, 5) is 0. The molecule has 0 fully saturated rings. The molecule has 0 radical (unpaired) electrons. The molecule has 0 aliphatic rings. The summed E-state index contributed by atoms with van der Waals surface area (Å²) in [6.45, 7) is 17.2. The molecule has 0 rings (SSSR count). The molecule has 0 aromatic carbocycles. The van der Waals surface area contributed by atoms with Gasteiger partial charge in [-0.15, -0.1) is 13.2 Å². The van der Waals surface area contributed by atoms with Gasteiger partial charge < -0.3 is 0 Å². The number of hydrogen-bond acceptors (Lipinski definition) is 0. The highest BCUT2D eigenvalue weighted by molar-refractivity contribution is 5.11. The zero-order chi connectivity index (χ0) is 10.1. The van der Waals surface area contributed by atoms with Crippen LogP contribution in [0.3, 0.4) is 0 Å². The molecular formula is C12H24. The average molecular weight is 168 g/mol. The Morgan fingerprint density at radius 1 is 1.17 bits per heavy atom. The van der Waals surface area contributed by atoms with Crippen LogP contribution >= 0.6 is 0 Å². The van der Waals surface area contributed by atoms with Crippen molar-refractivity contribution in [2.75, 3.05) is 0 Å². The second kappa shape index (κ2) is 8.58. The van der Waals surface area contributed by atoms with Crippen molar-refractivity contribution in [2.24, 2.45) is 5.92 Å². The molecule has 72 valence electrons. The third-order valence-electron chi connectivity index (χ3n) is 2.23. The van der Waals surface area contributed by atoms with Gasteiger partial charge >= 0.3 is 0 Å². The predicted octanol–water partition coefficient (Wildman–Crippen LogP) is 4.58. The van der Waals surface area contributed by atoms with E-state index in [1.54, 1.807) is 5.57 Å². The molecule has 0 aromatic heterocycles. The second-order valence-electron chi connectivity index (χ2n) is 3.19. The second-order valence-corrected chi connectivity index (χ2v) is 3.19. The van der Waals surface area contributed by atoms with Crippen molar-refractivity contribution in [1.29, 1.82) is 0 Å². The lowest BCUT2D eigenvalue weighted by Gasteiger charge is -2.13. The Kier molecular flexibility index (Phi) is 10.0. The lowest BCUT2D eigenvalue weighted by atomic mass is 9.93. The van der Waals surface area contributed by atoms with Crippen molar-refractivity contribution in [3.05, 3.63) is 24.3 Å². The zero-order valence-electron chi connectivity index (χ0n) is 9.41. The molecule has 0 aliphatic heterocycles. The van der Waals surface area contributed by atoms with Crippen molar-refractivity contribution in [1.82, 2.24) is 0 Å². The Morgan fingerprint density at radius 2 is 1.58 bits per heavy atom. The average Bonchev–Trinajstić information content (AvgIpc) is 2.08. The predicted molar refractivity (Wildman–Crippen MR) is 59.4 cm³/mol. The number of rotatable bonds is 3. The first kappa shape index (κ1) is 14.0. The summed E-state index contributed by atoms with van der Waals surface area (Å²) in [6, 6.07) is 0. The molecule has 0 N–H and O–H groups in total. The van der Waals surface area contributed by atoms with E-state index in [4.69, 9.17) is 0 Å². The highest BCUT2D eigenvalue weighted by Crippen LogP contribution is 2.20. The number of hydrogen-bond donors (Lipinski definition) is 0. The number of allylic oxidation sites excluding steroid dienone is 2. The molecule has 0 saturated carbocycles. The standard InChI is InChI=1S/C10H20.C2H4/c1-6-9(5)10(7-2)8(3)4;1-2/h9H,6-7H2,1-5H3;1-2H2. The van der Waals surface area contributed by atoms with E-state index in [-0.39, 0.29) is 0 Å². The minimum atomic E-state index is 0.787. The highest BCUT2D eigenvalue weighted by atomic mass is 14.1. The SMILES string of the molecule is C=C.CCC(=C(C)C)C(C)CC. The minimum Gasteiger partial charge on any atom is -0.106 e. The summed E-state index contributed by atoms with van der Waals surface area (Å²) >= 11 is 0. The topological polar surface area (TPSA) is 0 Å². The van der Waals surface area contributed by atoms with Crippen LogP contribution in [0.25, 0.3) is 0 Å². The van der Waals surface area contributed by atoms with Crippen molar-refractivity contribution >= 4 is 0 Å². The van der Waals surface area contributed by atoms with Gasteiger partial charge in [0.2, 0.25) is 0 Å². The van der Waals surface area contributed by atoms with Gasteiger partial charge in [-0.25, -0.2) is 0 Å². The van der Waals surface area contributed by atoms with E-state index in [2.05, 4.69) is 47.8 Å². The van der Waals surface area contributed by atoms with Crippen LogP contribution in [0.2, 0.25) is 0 Å². The third kappa shape index (κ3) is 5.17. The van der Waals surface area contributed by atoms with E-state index in [1.807, 2.05) is 0 Å². The molecule has 0 heterocycles. The molecule has 1 unspecified atom stereocenters. The lowest BCUT2D eigenvalue weighted by Crippen LogP contribution is -1.98. The molecule has 0 nitrogen and oxygen atoms in total. The van der Waals surface area contributed by atoms with Gasteiger partial charge in [0.1, 0.15) is 0 Å². The lowest BCUT2D eigenvalue weighted by molar-refractivity contribution is 0.625. The van der Waals surface area contributed by atoms with Gasteiger partial charge in [0.05, 0.1) is 0 Å². The van der Waals surface area contributed by atoms with Crippen LogP contribution < -0.4 is 0 Å². The van der Waals surface area contributed by atoms with Gasteiger partial charge in [-0.1, -0.05) is 31.9 Å². The van der Waals surface area contributed by atoms with E-state index in [9.17, 15) is 0 Å². The minimum absolute atomic E-state index is 0.787. The van der Waals surface area contributed by atoms with Crippen molar-refractivity contribution in [3.8, 4) is 0 Å². The van der Waals surface area contributed by atoms with E-state index >= 15 is 0 Å². The monoisotopic (exact) mass is 168 g/mol. The molecule has 1 atom stereocenters. The van der Waals surface area contributed by atoms with Crippen molar-refractivity contribution in [2.45, 2.75) is 47.5 Å². The Morgan fingerprint density at radius 3 is 1.67 bits per heavy atom. The molecule has 0 saturated heterocycles. The van der Waals surface area contributed by atoms with Crippen LogP contribution in [-0.2, 0) is 0 Å². The third-order valence-corrected chi connectivity index (χ3v) is 2.23. The summed E-state index contributed by atoms with van der Waals surface area (Å²) < 4.78 is 0. The summed E-state index contributed by atoms with van der Waals surface area (Å²) in [5, 5.41) is 0. The fourth-order valence-corrected chi connectivity index (χ4v) is 1.44. The Balaban J connectivity index is 0. The molecule has 0 bridgehead atoms. The van der Waals surface area contributed by atoms with Crippen molar-refractivity contribution < 1.29 is 0 Å². The molecule has 12 heavy (non-hydrogen) atoms. The normalized spacial score (nSPS) is 11.1. The van der Waals surface area contributed by atoms with Crippen LogP contribution in [0, 0.1) is 5.92 Å². The van der Waals surface area contributed by atoms with E-state index in [0.717, 1.165) is 5.92 Å². The van der Waals surface area contributed by atoms with Gasteiger partial charge in [-0.05, 0) is 32.6 Å². The molecule has 0 amide bonds. The molecule has 0 aromatic rings. The van der Waals surface area contributed by atoms with Crippen LogP contribution in [0.5, 0.6) is 0 Å². The van der Waals surface area contributed by atoms with Gasteiger partial charge in [0.15, 0.2) is 0 Å².